The van der Waals surface area contributed by atoms with Crippen molar-refractivity contribution in [1.82, 2.24) is 10.6 Å². The molecule has 8 nitrogen and oxygen atoms in total. The average molecular weight is 467 g/mol. The van der Waals surface area contributed by atoms with Crippen LogP contribution in [0.5, 0.6) is 0 Å². The number of hydrogen-bond acceptors (Lipinski definition) is 4. The second kappa shape index (κ2) is 11.4. The zero-order valence-electron chi connectivity index (χ0n) is 19.7. The number of carbonyl (C=O) groups is 2. The summed E-state index contributed by atoms with van der Waals surface area (Å²) >= 11 is 0. The van der Waals surface area contributed by atoms with E-state index >= 15 is 0 Å². The highest BCUT2D eigenvalue weighted by atomic mass is 16.2. The summed E-state index contributed by atoms with van der Waals surface area (Å²) in [5.41, 5.74) is 4.78. The average Bonchev–Trinajstić information content (AvgIpc) is 2.86. The van der Waals surface area contributed by atoms with E-state index in [2.05, 4.69) is 33.4 Å². The highest BCUT2D eigenvalue weighted by Crippen LogP contribution is 2.21. The molecule has 4 N–H and O–H groups in total. The number of carbonyl (C=O) groups excluding carboxylic acids is 2. The van der Waals surface area contributed by atoms with Crippen LogP contribution in [0.1, 0.15) is 53.7 Å². The van der Waals surface area contributed by atoms with Crippen molar-refractivity contribution in [3.63, 3.8) is 0 Å². The van der Waals surface area contributed by atoms with Gasteiger partial charge in [0.2, 0.25) is 0 Å². The van der Waals surface area contributed by atoms with Crippen LogP contribution in [0.4, 0.5) is 21.0 Å². The molecule has 0 bridgehead atoms. The monoisotopic (exact) mass is 466 g/mol. The van der Waals surface area contributed by atoms with E-state index in [0.717, 1.165) is 16.7 Å². The molecule has 4 amide bonds. The number of aryl methyl sites for hydroxylation is 1. The van der Waals surface area contributed by atoms with Gasteiger partial charge < -0.3 is 21.3 Å². The Kier molecular flexibility index (Phi) is 8.05. The normalized spacial score (nSPS) is 11.8. The Hall–Kier alpha value is -4.82. The van der Waals surface area contributed by atoms with Crippen molar-refractivity contribution in [2.45, 2.75) is 32.9 Å². The first kappa shape index (κ1) is 24.8. The van der Waals surface area contributed by atoms with Gasteiger partial charge in [-0.3, -0.25) is 0 Å². The quantitative estimate of drug-likeness (QED) is 0.382. The first-order valence-electron chi connectivity index (χ1n) is 11.0. The van der Waals surface area contributed by atoms with Gasteiger partial charge in [-0.2, -0.15) is 10.5 Å². The molecule has 176 valence electrons. The molecule has 0 heterocycles. The zero-order valence-corrected chi connectivity index (χ0v) is 19.7. The zero-order chi connectivity index (χ0) is 25.4. The third-order valence-corrected chi connectivity index (χ3v) is 5.52. The summed E-state index contributed by atoms with van der Waals surface area (Å²) in [6.07, 6.45) is 0. The van der Waals surface area contributed by atoms with E-state index in [1.165, 1.54) is 0 Å². The van der Waals surface area contributed by atoms with Gasteiger partial charge in [0, 0.05) is 11.4 Å². The molecule has 2 atom stereocenters. The number of nitrogens with one attached hydrogen (secondary N) is 4. The molecule has 3 rings (SSSR count). The van der Waals surface area contributed by atoms with Crippen molar-refractivity contribution in [1.29, 1.82) is 10.5 Å². The molecule has 0 radical (unpaired) electrons. The van der Waals surface area contributed by atoms with Crippen LogP contribution < -0.4 is 21.3 Å². The molecule has 0 saturated heterocycles. The van der Waals surface area contributed by atoms with Crippen LogP contribution in [0, 0.1) is 29.6 Å². The Bertz CT molecular complexity index is 1290. The standard InChI is InChI=1S/C27H26N6O2/c1-17-4-13-24(32-26(34)30-18(2)22-9-5-20(15-28)6-10-22)14-25(17)33-27(35)31-19(3)23-11-7-21(16-29)8-12-23/h4-14,18-19H,1-3H3,(H2,30,32,34)(H2,31,33,35). The molecule has 0 fully saturated rings. The molecule has 0 aliphatic heterocycles. The molecular weight excluding hydrogens is 440 g/mol. The number of benzene rings is 3. The highest BCUT2D eigenvalue weighted by molar-refractivity contribution is 5.93. The predicted molar refractivity (Wildman–Crippen MR) is 135 cm³/mol. The van der Waals surface area contributed by atoms with E-state index in [9.17, 15) is 9.59 Å². The maximum atomic E-state index is 12.6. The van der Waals surface area contributed by atoms with Crippen LogP contribution in [0.15, 0.2) is 66.7 Å². The summed E-state index contributed by atoms with van der Waals surface area (Å²) in [4.78, 5) is 25.1. The minimum absolute atomic E-state index is 0.264. The van der Waals surface area contributed by atoms with Crippen LogP contribution in [0.2, 0.25) is 0 Å². The summed E-state index contributed by atoms with van der Waals surface area (Å²) in [5.74, 6) is 0. The van der Waals surface area contributed by atoms with E-state index in [-0.39, 0.29) is 18.1 Å². The van der Waals surface area contributed by atoms with Crippen molar-refractivity contribution in [3.8, 4) is 12.1 Å². The SMILES string of the molecule is Cc1ccc(NC(=O)NC(C)c2ccc(C#N)cc2)cc1NC(=O)NC(C)c1ccc(C#N)cc1. The van der Waals surface area contributed by atoms with E-state index in [1.54, 1.807) is 66.7 Å². The fourth-order valence-corrected chi connectivity index (χ4v) is 3.41. The van der Waals surface area contributed by atoms with Gasteiger partial charge in [0.15, 0.2) is 0 Å². The molecule has 8 heteroatoms. The summed E-state index contributed by atoms with van der Waals surface area (Å²) in [7, 11) is 0. The van der Waals surface area contributed by atoms with Gasteiger partial charge >= 0.3 is 12.1 Å². The fourth-order valence-electron chi connectivity index (χ4n) is 3.41. The van der Waals surface area contributed by atoms with Crippen LogP contribution in [-0.4, -0.2) is 12.1 Å². The van der Waals surface area contributed by atoms with Crippen LogP contribution >= 0.6 is 0 Å². The van der Waals surface area contributed by atoms with Crippen molar-refractivity contribution >= 4 is 23.4 Å². The Morgan fingerprint density at radius 3 is 1.63 bits per heavy atom. The smallest absolute Gasteiger partial charge is 0.319 e. The lowest BCUT2D eigenvalue weighted by molar-refractivity contribution is 0.248. The lowest BCUT2D eigenvalue weighted by Crippen LogP contribution is -2.32. The number of hydrogen-bond donors (Lipinski definition) is 4. The minimum atomic E-state index is -0.393. The maximum absolute atomic E-state index is 12.6. The van der Waals surface area contributed by atoms with Crippen LogP contribution in [-0.2, 0) is 0 Å². The molecular formula is C27H26N6O2. The second-order valence-electron chi connectivity index (χ2n) is 8.14. The van der Waals surface area contributed by atoms with Crippen molar-refractivity contribution in [2.75, 3.05) is 10.6 Å². The van der Waals surface area contributed by atoms with Crippen LogP contribution in [0.3, 0.4) is 0 Å². The van der Waals surface area contributed by atoms with Crippen LogP contribution in [0.25, 0.3) is 0 Å². The van der Waals surface area contributed by atoms with Crippen molar-refractivity contribution in [2.24, 2.45) is 0 Å². The van der Waals surface area contributed by atoms with Gasteiger partial charge in [-0.25, -0.2) is 9.59 Å². The van der Waals surface area contributed by atoms with E-state index in [1.807, 2.05) is 20.8 Å². The first-order valence-corrected chi connectivity index (χ1v) is 11.0. The van der Waals surface area contributed by atoms with Gasteiger partial charge in [0.25, 0.3) is 0 Å². The molecule has 0 aromatic heterocycles. The Morgan fingerprint density at radius 1 is 0.714 bits per heavy atom. The predicted octanol–water partition coefficient (Wildman–Crippen LogP) is 5.50. The Labute approximate surface area is 204 Å². The first-order chi connectivity index (χ1) is 16.8. The molecule has 35 heavy (non-hydrogen) atoms. The number of nitriles is 2. The van der Waals surface area contributed by atoms with Crippen molar-refractivity contribution in [3.05, 3.63) is 94.5 Å². The largest absolute Gasteiger partial charge is 0.331 e. The van der Waals surface area contributed by atoms with Gasteiger partial charge in [0.05, 0.1) is 35.3 Å². The number of anilines is 2. The lowest BCUT2D eigenvalue weighted by atomic mass is 10.1. The maximum Gasteiger partial charge on any atom is 0.319 e. The Balaban J connectivity index is 1.59. The molecule has 0 aliphatic rings. The second-order valence-corrected chi connectivity index (χ2v) is 8.14. The molecule has 0 saturated carbocycles. The third kappa shape index (κ3) is 6.83. The number of urea groups is 2. The van der Waals surface area contributed by atoms with E-state index in [4.69, 9.17) is 10.5 Å². The number of nitrogens with zero attached hydrogens (tertiary/aromatic N) is 2. The van der Waals surface area contributed by atoms with Crippen molar-refractivity contribution < 1.29 is 9.59 Å². The molecule has 0 aliphatic carbocycles. The molecule has 0 spiro atoms. The topological polar surface area (TPSA) is 130 Å². The number of amides is 4. The molecule has 2 unspecified atom stereocenters. The summed E-state index contributed by atoms with van der Waals surface area (Å²) in [5, 5.41) is 29.2. The van der Waals surface area contributed by atoms with E-state index < -0.39 is 6.03 Å². The van der Waals surface area contributed by atoms with Gasteiger partial charge in [-0.05, 0) is 73.9 Å². The summed E-state index contributed by atoms with van der Waals surface area (Å²) in [6.45, 7) is 5.56. The summed E-state index contributed by atoms with van der Waals surface area (Å²) < 4.78 is 0. The fraction of sp³-hybridized carbons (Fsp3) is 0.185. The van der Waals surface area contributed by atoms with E-state index in [0.29, 0.717) is 22.5 Å². The molecule has 3 aromatic rings. The Morgan fingerprint density at radius 2 is 1.17 bits per heavy atom. The minimum Gasteiger partial charge on any atom is -0.331 e. The van der Waals surface area contributed by atoms with Gasteiger partial charge in [-0.1, -0.05) is 30.3 Å². The number of rotatable bonds is 6. The van der Waals surface area contributed by atoms with Gasteiger partial charge in [-0.15, -0.1) is 0 Å². The third-order valence-electron chi connectivity index (χ3n) is 5.52. The van der Waals surface area contributed by atoms with Gasteiger partial charge in [0.1, 0.15) is 0 Å². The lowest BCUT2D eigenvalue weighted by Gasteiger charge is -2.18. The molecule has 3 aromatic carbocycles. The summed E-state index contributed by atoms with van der Waals surface area (Å²) in [6, 6.07) is 22.1. The highest BCUT2D eigenvalue weighted by Gasteiger charge is 2.13.